The lowest BCUT2D eigenvalue weighted by atomic mass is 9.88. The van der Waals surface area contributed by atoms with E-state index in [1.807, 2.05) is 6.92 Å². The van der Waals surface area contributed by atoms with E-state index in [9.17, 15) is 5.11 Å². The number of rotatable bonds is 3. The molecule has 1 rings (SSSR count). The highest BCUT2D eigenvalue weighted by molar-refractivity contribution is 5.13. The third-order valence-corrected chi connectivity index (χ3v) is 2.36. The van der Waals surface area contributed by atoms with Crippen LogP contribution in [0.1, 0.15) is 39.5 Å². The summed E-state index contributed by atoms with van der Waals surface area (Å²) in [5.41, 5.74) is 0.408. The Labute approximate surface area is 74.2 Å². The highest BCUT2D eigenvalue weighted by Crippen LogP contribution is 2.27. The van der Waals surface area contributed by atoms with Gasteiger partial charge in [-0.3, -0.25) is 0 Å². The van der Waals surface area contributed by atoms with Crippen LogP contribution in [0.2, 0.25) is 0 Å². The van der Waals surface area contributed by atoms with Gasteiger partial charge in [0.2, 0.25) is 0 Å². The van der Waals surface area contributed by atoms with Gasteiger partial charge in [-0.2, -0.15) is 0 Å². The molecule has 0 aliphatic carbocycles. The second-order valence-corrected chi connectivity index (χ2v) is 3.64. The van der Waals surface area contributed by atoms with E-state index in [4.69, 9.17) is 4.74 Å². The van der Waals surface area contributed by atoms with Gasteiger partial charge >= 0.3 is 0 Å². The minimum Gasteiger partial charge on any atom is -0.501 e. The van der Waals surface area contributed by atoms with E-state index < -0.39 is 5.60 Å². The Hall–Kier alpha value is -0.500. The molecule has 1 aliphatic heterocycles. The predicted molar refractivity (Wildman–Crippen MR) is 48.8 cm³/mol. The molecule has 70 valence electrons. The number of ether oxygens (including phenoxy) is 1. The Balaban J connectivity index is 2.59. The smallest absolute Gasteiger partial charge is 0.0876 e. The summed E-state index contributed by atoms with van der Waals surface area (Å²) in [5.74, 6) is 0. The van der Waals surface area contributed by atoms with Crippen molar-refractivity contribution in [3.05, 3.63) is 11.8 Å². The van der Waals surface area contributed by atoms with E-state index in [1.165, 1.54) is 0 Å². The van der Waals surface area contributed by atoms with E-state index >= 15 is 0 Å². The molecule has 0 aromatic carbocycles. The van der Waals surface area contributed by atoms with Gasteiger partial charge in [0.1, 0.15) is 0 Å². The van der Waals surface area contributed by atoms with Crippen LogP contribution in [-0.2, 0) is 4.74 Å². The maximum absolute atomic E-state index is 9.99. The van der Waals surface area contributed by atoms with E-state index in [0.29, 0.717) is 0 Å². The highest BCUT2D eigenvalue weighted by atomic mass is 16.5. The molecule has 0 bridgehead atoms. The van der Waals surface area contributed by atoms with Crippen molar-refractivity contribution in [1.29, 1.82) is 0 Å². The molecule has 0 radical (unpaired) electrons. The quantitative estimate of drug-likeness (QED) is 0.703. The van der Waals surface area contributed by atoms with Crippen molar-refractivity contribution < 1.29 is 9.84 Å². The van der Waals surface area contributed by atoms with Crippen LogP contribution in [-0.4, -0.2) is 17.3 Å². The third kappa shape index (κ3) is 2.24. The predicted octanol–water partition coefficient (Wildman–Crippen LogP) is 2.23. The molecule has 0 aromatic heterocycles. The lowest BCUT2D eigenvalue weighted by Gasteiger charge is -2.28. The van der Waals surface area contributed by atoms with E-state index in [2.05, 4.69) is 6.92 Å². The molecule has 0 saturated heterocycles. The summed E-state index contributed by atoms with van der Waals surface area (Å²) in [6.07, 6.45) is 5.57. The fourth-order valence-corrected chi connectivity index (χ4v) is 1.61. The summed E-state index contributed by atoms with van der Waals surface area (Å²) in [6.45, 7) is 4.75. The molecule has 1 heterocycles. The van der Waals surface area contributed by atoms with Crippen LogP contribution in [0.15, 0.2) is 11.8 Å². The fourth-order valence-electron chi connectivity index (χ4n) is 1.61. The molecule has 1 N–H and O–H groups in total. The maximum atomic E-state index is 9.99. The van der Waals surface area contributed by atoms with Crippen LogP contribution in [0.25, 0.3) is 0 Å². The largest absolute Gasteiger partial charge is 0.501 e. The Bertz CT molecular complexity index is 171. The van der Waals surface area contributed by atoms with Crippen LogP contribution in [0, 0.1) is 0 Å². The molecule has 0 fully saturated rings. The summed E-state index contributed by atoms with van der Waals surface area (Å²) in [7, 11) is 0. The minimum atomic E-state index is -0.644. The topological polar surface area (TPSA) is 29.5 Å². The van der Waals surface area contributed by atoms with Gasteiger partial charge in [0.05, 0.1) is 18.5 Å². The van der Waals surface area contributed by atoms with E-state index in [-0.39, 0.29) is 0 Å². The van der Waals surface area contributed by atoms with Crippen molar-refractivity contribution in [3.8, 4) is 0 Å². The first-order valence-electron chi connectivity index (χ1n) is 4.70. The molecule has 1 atom stereocenters. The molecule has 1 aliphatic rings. The summed E-state index contributed by atoms with van der Waals surface area (Å²) >= 11 is 0. The van der Waals surface area contributed by atoms with Gasteiger partial charge < -0.3 is 9.84 Å². The lowest BCUT2D eigenvalue weighted by Crippen LogP contribution is -2.28. The van der Waals surface area contributed by atoms with Gasteiger partial charge in [-0.1, -0.05) is 13.3 Å². The van der Waals surface area contributed by atoms with Gasteiger partial charge in [-0.25, -0.2) is 0 Å². The van der Waals surface area contributed by atoms with Crippen molar-refractivity contribution in [2.24, 2.45) is 0 Å². The Morgan fingerprint density at radius 1 is 1.67 bits per heavy atom. The van der Waals surface area contributed by atoms with E-state index in [1.54, 1.807) is 6.26 Å². The second kappa shape index (κ2) is 3.94. The van der Waals surface area contributed by atoms with Crippen molar-refractivity contribution in [3.63, 3.8) is 0 Å². The molecule has 1 unspecified atom stereocenters. The fraction of sp³-hybridized carbons (Fsp3) is 0.800. The van der Waals surface area contributed by atoms with Crippen molar-refractivity contribution in [1.82, 2.24) is 0 Å². The molecular weight excluding hydrogens is 152 g/mol. The van der Waals surface area contributed by atoms with Gasteiger partial charge in [0, 0.05) is 0 Å². The summed E-state index contributed by atoms with van der Waals surface area (Å²) in [6, 6.07) is 0. The molecule has 2 nitrogen and oxygen atoms in total. The first-order chi connectivity index (χ1) is 5.67. The number of hydrogen-bond acceptors (Lipinski definition) is 2. The molecule has 0 spiro atoms. The van der Waals surface area contributed by atoms with Crippen LogP contribution >= 0.6 is 0 Å². The SMILES string of the molecule is CCCC(C)(O)C1=COCCC1. The molecule has 12 heavy (non-hydrogen) atoms. The highest BCUT2D eigenvalue weighted by Gasteiger charge is 2.25. The lowest BCUT2D eigenvalue weighted by molar-refractivity contribution is 0.0712. The molecule has 2 heteroatoms. The van der Waals surface area contributed by atoms with Crippen LogP contribution < -0.4 is 0 Å². The maximum Gasteiger partial charge on any atom is 0.0876 e. The number of aliphatic hydroxyl groups is 1. The molecular formula is C10H18O2. The summed E-state index contributed by atoms with van der Waals surface area (Å²) in [4.78, 5) is 0. The van der Waals surface area contributed by atoms with Crippen molar-refractivity contribution in [2.45, 2.75) is 45.1 Å². The van der Waals surface area contributed by atoms with Gasteiger partial charge in [0.15, 0.2) is 0 Å². The zero-order chi connectivity index (χ0) is 9.03. The average molecular weight is 170 g/mol. The van der Waals surface area contributed by atoms with Crippen molar-refractivity contribution >= 4 is 0 Å². The third-order valence-electron chi connectivity index (χ3n) is 2.36. The number of hydrogen-bond donors (Lipinski definition) is 1. The minimum absolute atomic E-state index is 0.644. The first-order valence-corrected chi connectivity index (χ1v) is 4.70. The zero-order valence-electron chi connectivity index (χ0n) is 7.97. The summed E-state index contributed by atoms with van der Waals surface area (Å²) in [5, 5.41) is 9.99. The van der Waals surface area contributed by atoms with Gasteiger partial charge in [-0.15, -0.1) is 0 Å². The standard InChI is InChI=1S/C10H18O2/c1-3-6-10(2,11)9-5-4-7-12-8-9/h8,11H,3-7H2,1-2H3. The zero-order valence-corrected chi connectivity index (χ0v) is 7.97. The monoisotopic (exact) mass is 170 g/mol. The average Bonchev–Trinajstić information content (AvgIpc) is 2.06. The summed E-state index contributed by atoms with van der Waals surface area (Å²) < 4.78 is 5.19. The second-order valence-electron chi connectivity index (χ2n) is 3.64. The van der Waals surface area contributed by atoms with Gasteiger partial charge in [0.25, 0.3) is 0 Å². The molecule has 0 amide bonds. The van der Waals surface area contributed by atoms with Gasteiger partial charge in [-0.05, 0) is 31.8 Å². The Morgan fingerprint density at radius 3 is 2.92 bits per heavy atom. The van der Waals surface area contributed by atoms with Crippen LogP contribution in [0.4, 0.5) is 0 Å². The Kier molecular flexibility index (Phi) is 3.15. The van der Waals surface area contributed by atoms with E-state index in [0.717, 1.165) is 37.9 Å². The molecule has 0 aromatic rings. The van der Waals surface area contributed by atoms with Crippen molar-refractivity contribution in [2.75, 3.05) is 6.61 Å². The van der Waals surface area contributed by atoms with Crippen LogP contribution in [0.3, 0.4) is 0 Å². The van der Waals surface area contributed by atoms with Crippen LogP contribution in [0.5, 0.6) is 0 Å². The first kappa shape index (κ1) is 9.59. The molecule has 0 saturated carbocycles. The Morgan fingerprint density at radius 2 is 2.42 bits per heavy atom. The normalized spacial score (nSPS) is 22.4.